The van der Waals surface area contributed by atoms with Gasteiger partial charge in [0.25, 0.3) is 0 Å². The molecule has 4 aromatic rings. The Morgan fingerprint density at radius 3 is 1.93 bits per heavy atom. The topological polar surface area (TPSA) is 143 Å². The summed E-state index contributed by atoms with van der Waals surface area (Å²) in [4.78, 5) is 22.6. The summed E-state index contributed by atoms with van der Waals surface area (Å²) in [6, 6.07) is 25.4. The summed E-state index contributed by atoms with van der Waals surface area (Å²) in [7, 11) is -7.71. The number of anilines is 3. The van der Waals surface area contributed by atoms with E-state index in [1.54, 1.807) is 49.6 Å². The molecule has 1 amide bonds. The molecule has 0 aliphatic heterocycles. The zero-order valence-corrected chi connectivity index (χ0v) is 24.4. The van der Waals surface area contributed by atoms with E-state index in [9.17, 15) is 31.5 Å². The Bertz CT molecular complexity index is 1670. The van der Waals surface area contributed by atoms with Crippen LogP contribution in [0.3, 0.4) is 0 Å². The molecule has 0 bridgehead atoms. The molecule has 0 saturated carbocycles. The van der Waals surface area contributed by atoms with Crippen molar-refractivity contribution in [1.29, 1.82) is 0 Å². The van der Waals surface area contributed by atoms with Crippen LogP contribution in [0.4, 0.5) is 25.8 Å². The summed E-state index contributed by atoms with van der Waals surface area (Å²) in [5.41, 5.74) is 2.39. The predicted octanol–water partition coefficient (Wildman–Crippen LogP) is 5.75. The lowest BCUT2D eigenvalue weighted by molar-refractivity contribution is -0.117. The van der Waals surface area contributed by atoms with Gasteiger partial charge >= 0.3 is 13.8 Å². The quantitative estimate of drug-likeness (QED) is 0.137. The average molecular weight is 632 g/mol. The van der Waals surface area contributed by atoms with Crippen LogP contribution in [0.5, 0.6) is 11.5 Å². The fourth-order valence-electron chi connectivity index (χ4n) is 3.86. The molecule has 0 saturated heterocycles. The van der Waals surface area contributed by atoms with Gasteiger partial charge in [-0.3, -0.25) is 4.79 Å². The zero-order chi connectivity index (χ0) is 31.0. The Morgan fingerprint density at radius 1 is 0.837 bits per heavy atom. The van der Waals surface area contributed by atoms with Crippen molar-refractivity contribution in [2.45, 2.75) is 23.5 Å². The number of alkyl halides is 2. The number of sulfonamides is 1. The van der Waals surface area contributed by atoms with E-state index in [2.05, 4.69) is 19.9 Å². The highest BCUT2D eigenvalue weighted by Gasteiger charge is 2.34. The number of halogens is 2. The number of hydrogen-bond donors (Lipinski definition) is 4. The van der Waals surface area contributed by atoms with Crippen molar-refractivity contribution in [2.24, 2.45) is 0 Å². The first-order valence-electron chi connectivity index (χ1n) is 12.7. The predicted molar refractivity (Wildman–Crippen MR) is 159 cm³/mol. The Hall–Kier alpha value is -4.29. The van der Waals surface area contributed by atoms with Crippen molar-refractivity contribution in [2.75, 3.05) is 17.7 Å². The second-order valence-electron chi connectivity index (χ2n) is 9.19. The van der Waals surface area contributed by atoms with Crippen LogP contribution in [-0.4, -0.2) is 38.5 Å². The minimum absolute atomic E-state index is 0.0452. The highest BCUT2D eigenvalue weighted by molar-refractivity contribution is 7.89. The largest absolute Gasteiger partial charge is 0.497 e. The smallest absolute Gasteiger partial charge is 0.442 e. The molecule has 0 aromatic heterocycles. The number of ether oxygens (including phenoxy) is 1. The molecule has 0 spiro atoms. The summed E-state index contributed by atoms with van der Waals surface area (Å²) < 4.78 is 75.1. The highest BCUT2D eigenvalue weighted by atomic mass is 32.2. The monoisotopic (exact) mass is 631 g/mol. The van der Waals surface area contributed by atoms with E-state index in [4.69, 9.17) is 4.74 Å². The summed E-state index contributed by atoms with van der Waals surface area (Å²) in [6.45, 7) is 0. The van der Waals surface area contributed by atoms with Crippen LogP contribution < -0.4 is 24.6 Å². The van der Waals surface area contributed by atoms with E-state index in [0.717, 1.165) is 11.4 Å². The molecule has 0 aliphatic rings. The maximum Gasteiger partial charge on any atom is 0.442 e. The Labute approximate surface area is 247 Å². The first kappa shape index (κ1) is 31.6. The molecule has 43 heavy (non-hydrogen) atoms. The molecule has 4 N–H and O–H groups in total. The minimum atomic E-state index is -5.17. The van der Waals surface area contributed by atoms with Crippen LogP contribution in [0, 0.1) is 0 Å². The van der Waals surface area contributed by atoms with Gasteiger partial charge in [0.2, 0.25) is 15.9 Å². The van der Waals surface area contributed by atoms with Crippen LogP contribution in [-0.2, 0) is 25.8 Å². The molecule has 0 fully saturated rings. The van der Waals surface area contributed by atoms with Crippen LogP contribution in [0.15, 0.2) is 108 Å². The van der Waals surface area contributed by atoms with Gasteiger partial charge in [0.15, 0.2) is 0 Å². The van der Waals surface area contributed by atoms with Gasteiger partial charge in [0.1, 0.15) is 17.5 Å². The number of carbonyl (C=O) groups excluding carboxylic acids is 1. The maximum atomic E-state index is 13.3. The summed E-state index contributed by atoms with van der Waals surface area (Å²) >= 11 is 0. The number of hydrogen-bond acceptors (Lipinski definition) is 7. The number of amides is 1. The van der Waals surface area contributed by atoms with Gasteiger partial charge in [-0.2, -0.15) is 13.5 Å². The SMILES string of the molecule is COc1ccc(Nc2ccc(NC(=O)[C@H](Cc3ccc(OP(=O)(O)C(F)F)cc3)NS(=O)(=O)c3ccccc3)cc2)cc1. The van der Waals surface area contributed by atoms with E-state index in [-0.39, 0.29) is 17.1 Å². The number of carbonyl (C=O) groups is 1. The van der Waals surface area contributed by atoms with Crippen molar-refractivity contribution >= 4 is 40.6 Å². The molecule has 4 rings (SSSR count). The van der Waals surface area contributed by atoms with Gasteiger partial charge < -0.3 is 24.8 Å². The molecule has 14 heteroatoms. The first-order chi connectivity index (χ1) is 20.4. The highest BCUT2D eigenvalue weighted by Crippen LogP contribution is 2.48. The Balaban J connectivity index is 1.50. The lowest BCUT2D eigenvalue weighted by Crippen LogP contribution is -2.45. The van der Waals surface area contributed by atoms with Gasteiger partial charge in [-0.25, -0.2) is 13.0 Å². The van der Waals surface area contributed by atoms with Gasteiger partial charge in [0.05, 0.1) is 12.0 Å². The van der Waals surface area contributed by atoms with Crippen molar-refractivity contribution in [3.63, 3.8) is 0 Å². The minimum Gasteiger partial charge on any atom is -0.497 e. The zero-order valence-electron chi connectivity index (χ0n) is 22.7. The summed E-state index contributed by atoms with van der Waals surface area (Å²) in [5.74, 6) is -0.231. The van der Waals surface area contributed by atoms with Crippen molar-refractivity contribution < 1.29 is 40.7 Å². The molecule has 0 heterocycles. The van der Waals surface area contributed by atoms with Crippen LogP contribution in [0.1, 0.15) is 5.56 Å². The number of rotatable bonds is 13. The standard InChI is InChI=1S/C29H28F2N3O7PS/c1-40-24-17-13-22(14-18-24)32-21-9-11-23(12-10-21)33-28(35)27(34-43(38,39)26-5-3-2-4-6-26)19-20-7-15-25(16-8-20)41-42(36,37)29(30)31/h2-18,27,29,32,34H,19H2,1H3,(H,33,35)(H,36,37)/t27-/m0/s1. The number of nitrogens with one attached hydrogen (secondary N) is 3. The summed E-state index contributed by atoms with van der Waals surface area (Å²) in [6.07, 6.45) is -3.72. The van der Waals surface area contributed by atoms with E-state index in [1.807, 2.05) is 24.3 Å². The molecular weight excluding hydrogens is 603 g/mol. The summed E-state index contributed by atoms with van der Waals surface area (Å²) in [5, 5.41) is 5.93. The van der Waals surface area contributed by atoms with Crippen LogP contribution in [0.2, 0.25) is 0 Å². The van der Waals surface area contributed by atoms with Crippen molar-refractivity contribution in [3.8, 4) is 11.5 Å². The lowest BCUT2D eigenvalue weighted by Gasteiger charge is -2.19. The third-order valence-electron chi connectivity index (χ3n) is 6.04. The number of benzene rings is 4. The molecule has 4 aromatic carbocycles. The Kier molecular flexibility index (Phi) is 10.1. The molecule has 0 radical (unpaired) electrons. The van der Waals surface area contributed by atoms with Gasteiger partial charge in [-0.1, -0.05) is 30.3 Å². The average Bonchev–Trinajstić information content (AvgIpc) is 2.99. The van der Waals surface area contributed by atoms with Gasteiger partial charge in [-0.05, 0) is 84.8 Å². The van der Waals surface area contributed by atoms with E-state index in [1.165, 1.54) is 36.4 Å². The lowest BCUT2D eigenvalue weighted by atomic mass is 10.1. The van der Waals surface area contributed by atoms with Crippen molar-refractivity contribution in [1.82, 2.24) is 4.72 Å². The molecule has 1 unspecified atom stereocenters. The van der Waals surface area contributed by atoms with E-state index < -0.39 is 35.7 Å². The fraction of sp³-hybridized carbons (Fsp3) is 0.138. The maximum absolute atomic E-state index is 13.3. The molecule has 226 valence electrons. The third-order valence-corrected chi connectivity index (χ3v) is 8.50. The van der Waals surface area contributed by atoms with Gasteiger partial charge in [0, 0.05) is 17.1 Å². The third kappa shape index (κ3) is 8.85. The molecule has 10 nitrogen and oxygen atoms in total. The molecule has 0 aliphatic carbocycles. The normalized spacial score (nSPS) is 13.5. The van der Waals surface area contributed by atoms with E-state index >= 15 is 0 Å². The first-order valence-corrected chi connectivity index (χ1v) is 15.9. The molecular formula is C29H28F2N3O7PS. The fourth-order valence-corrected chi connectivity index (χ4v) is 5.58. The second kappa shape index (κ2) is 13.8. The van der Waals surface area contributed by atoms with Gasteiger partial charge in [-0.15, -0.1) is 0 Å². The van der Waals surface area contributed by atoms with Crippen LogP contribution in [0.25, 0.3) is 0 Å². The van der Waals surface area contributed by atoms with E-state index in [0.29, 0.717) is 17.0 Å². The molecule has 2 atom stereocenters. The van der Waals surface area contributed by atoms with Crippen LogP contribution >= 0.6 is 7.60 Å². The van der Waals surface area contributed by atoms with Crippen molar-refractivity contribution in [3.05, 3.63) is 109 Å². The second-order valence-corrected chi connectivity index (χ2v) is 12.6. The Morgan fingerprint density at radius 2 is 1.37 bits per heavy atom. The number of methoxy groups -OCH3 is 1.